The molecular weight excluding hydrogens is 384 g/mol. The summed E-state index contributed by atoms with van der Waals surface area (Å²) in [5.74, 6) is -2.03. The third-order valence-electron chi connectivity index (χ3n) is 4.38. The fourth-order valence-corrected chi connectivity index (χ4v) is 2.73. The normalized spacial score (nSPS) is 13.8. The first-order valence-electron chi connectivity index (χ1n) is 10.8. The topological polar surface area (TPSA) is 130 Å². The van der Waals surface area contributed by atoms with Crippen LogP contribution in [0.1, 0.15) is 77.6 Å². The second-order valence-corrected chi connectivity index (χ2v) is 7.35. The predicted molar refractivity (Wildman–Crippen MR) is 119 cm³/mol. The largest absolute Gasteiger partial charge is 0.480 e. The van der Waals surface area contributed by atoms with Gasteiger partial charge in [0.05, 0.1) is 6.10 Å². The maximum atomic E-state index is 11.8. The maximum Gasteiger partial charge on any atom is 0.326 e. The monoisotopic (exact) mass is 422 g/mol. The van der Waals surface area contributed by atoms with Gasteiger partial charge in [-0.3, -0.25) is 9.59 Å². The second kappa shape index (κ2) is 18.6. The summed E-state index contributed by atoms with van der Waals surface area (Å²) < 4.78 is 0. The lowest BCUT2D eigenvalue weighted by atomic mass is 10.1. The van der Waals surface area contributed by atoms with E-state index in [4.69, 9.17) is 15.9 Å². The van der Waals surface area contributed by atoms with Crippen molar-refractivity contribution < 1.29 is 24.6 Å². The number of rotatable bonds is 18. The Labute approximate surface area is 180 Å². The molecule has 2 amide bonds. The van der Waals surface area contributed by atoms with Gasteiger partial charge in [0.2, 0.25) is 11.8 Å². The van der Waals surface area contributed by atoms with Gasteiger partial charge in [-0.25, -0.2) is 4.79 Å². The fraction of sp³-hybridized carbons (Fsp3) is 0.609. The van der Waals surface area contributed by atoms with Crippen molar-refractivity contribution in [3.05, 3.63) is 36.5 Å². The number of primary amides is 1. The zero-order valence-corrected chi connectivity index (χ0v) is 18.1. The molecule has 0 saturated heterocycles. The summed E-state index contributed by atoms with van der Waals surface area (Å²) in [6, 6.07) is -1.06. The Balaban J connectivity index is 3.66. The molecule has 0 bridgehead atoms. The van der Waals surface area contributed by atoms with Crippen molar-refractivity contribution in [3.63, 3.8) is 0 Å². The standard InChI is InChI=1S/C23H38N2O5/c1-19(26)15-13-11-9-7-5-3-2-4-6-8-10-12-14-16-22(28)25-20(23(29)30)17-18-21(24)27/h2-3,7,9,13,15,19-20,26H,4-6,8,10-12,14,16-18H2,1H3,(H2,24,27)(H,25,28)(H,29,30)/b3-2-,9-7-,15-13-/t19-,20+/m1/s1. The number of carboxylic acid groups (broad SMARTS) is 1. The molecule has 5 N–H and O–H groups in total. The third kappa shape index (κ3) is 18.9. The highest BCUT2D eigenvalue weighted by molar-refractivity contribution is 5.84. The number of amides is 2. The lowest BCUT2D eigenvalue weighted by Gasteiger charge is -2.13. The molecule has 0 aromatic rings. The minimum absolute atomic E-state index is 0.0136. The molecule has 0 aliphatic heterocycles. The Bertz CT molecular complexity index is 582. The molecule has 0 saturated carbocycles. The van der Waals surface area contributed by atoms with E-state index >= 15 is 0 Å². The van der Waals surface area contributed by atoms with Crippen LogP contribution in [0.25, 0.3) is 0 Å². The van der Waals surface area contributed by atoms with E-state index in [1.165, 1.54) is 0 Å². The number of aliphatic hydroxyl groups is 1. The number of carboxylic acids is 1. The quantitative estimate of drug-likeness (QED) is 0.199. The smallest absolute Gasteiger partial charge is 0.326 e. The van der Waals surface area contributed by atoms with E-state index in [9.17, 15) is 14.4 Å². The lowest BCUT2D eigenvalue weighted by molar-refractivity contribution is -0.142. The van der Waals surface area contributed by atoms with Crippen molar-refractivity contribution in [2.45, 2.75) is 89.7 Å². The SMILES string of the molecule is C[C@@H](O)/C=C\C/C=C\C/C=C\CCCCCCCC(=O)N[C@@H](CCC(N)=O)C(=O)O. The first-order valence-corrected chi connectivity index (χ1v) is 10.8. The highest BCUT2D eigenvalue weighted by Crippen LogP contribution is 2.08. The number of carbonyl (C=O) groups excluding carboxylic acids is 2. The van der Waals surface area contributed by atoms with Gasteiger partial charge in [0, 0.05) is 12.8 Å². The molecule has 30 heavy (non-hydrogen) atoms. The van der Waals surface area contributed by atoms with Gasteiger partial charge in [-0.1, -0.05) is 55.7 Å². The minimum Gasteiger partial charge on any atom is -0.480 e. The third-order valence-corrected chi connectivity index (χ3v) is 4.38. The number of nitrogens with two attached hydrogens (primary N) is 1. The van der Waals surface area contributed by atoms with E-state index in [0.29, 0.717) is 6.42 Å². The van der Waals surface area contributed by atoms with Gasteiger partial charge < -0.3 is 21.3 Å². The second-order valence-electron chi connectivity index (χ2n) is 7.35. The van der Waals surface area contributed by atoms with E-state index < -0.39 is 17.9 Å². The van der Waals surface area contributed by atoms with Crippen LogP contribution in [-0.4, -0.2) is 40.1 Å². The van der Waals surface area contributed by atoms with Gasteiger partial charge in [0.15, 0.2) is 0 Å². The van der Waals surface area contributed by atoms with Crippen LogP contribution in [0.3, 0.4) is 0 Å². The van der Waals surface area contributed by atoms with E-state index in [1.54, 1.807) is 13.0 Å². The zero-order valence-electron chi connectivity index (χ0n) is 18.1. The average molecular weight is 423 g/mol. The highest BCUT2D eigenvalue weighted by Gasteiger charge is 2.20. The van der Waals surface area contributed by atoms with Crippen molar-refractivity contribution in [2.24, 2.45) is 5.73 Å². The molecule has 0 aromatic carbocycles. The first kappa shape index (κ1) is 27.6. The molecule has 0 aliphatic rings. The van der Waals surface area contributed by atoms with Crippen LogP contribution in [0.4, 0.5) is 0 Å². The van der Waals surface area contributed by atoms with Gasteiger partial charge in [-0.15, -0.1) is 0 Å². The molecule has 0 spiro atoms. The molecule has 0 aromatic heterocycles. The van der Waals surface area contributed by atoms with Crippen LogP contribution in [0, 0.1) is 0 Å². The summed E-state index contributed by atoms with van der Waals surface area (Å²) in [6.45, 7) is 1.73. The Morgan fingerprint density at radius 1 is 0.900 bits per heavy atom. The number of carbonyl (C=O) groups is 3. The molecule has 0 fully saturated rings. The van der Waals surface area contributed by atoms with E-state index in [-0.39, 0.29) is 24.9 Å². The number of aliphatic carboxylic acids is 1. The molecule has 170 valence electrons. The Kier molecular flexibility index (Phi) is 17.1. The van der Waals surface area contributed by atoms with Crippen molar-refractivity contribution in [2.75, 3.05) is 0 Å². The molecule has 7 nitrogen and oxygen atoms in total. The molecule has 2 atom stereocenters. The van der Waals surface area contributed by atoms with Gasteiger partial charge in [0.1, 0.15) is 6.04 Å². The highest BCUT2D eigenvalue weighted by atomic mass is 16.4. The maximum absolute atomic E-state index is 11.8. The van der Waals surface area contributed by atoms with Crippen molar-refractivity contribution in [1.82, 2.24) is 5.32 Å². The average Bonchev–Trinajstić information content (AvgIpc) is 2.67. The summed E-state index contributed by atoms with van der Waals surface area (Å²) in [4.78, 5) is 33.7. The molecule has 0 aliphatic carbocycles. The number of aliphatic hydroxyl groups excluding tert-OH is 1. The van der Waals surface area contributed by atoms with E-state index in [2.05, 4.69) is 29.6 Å². The van der Waals surface area contributed by atoms with Gasteiger partial charge in [-0.05, 0) is 45.4 Å². The molecule has 7 heteroatoms. The van der Waals surface area contributed by atoms with Crippen LogP contribution < -0.4 is 11.1 Å². The summed E-state index contributed by atoms with van der Waals surface area (Å²) in [5, 5.41) is 20.6. The Morgan fingerprint density at radius 2 is 1.50 bits per heavy atom. The molecule has 0 rings (SSSR count). The fourth-order valence-electron chi connectivity index (χ4n) is 2.73. The van der Waals surface area contributed by atoms with E-state index in [0.717, 1.165) is 51.4 Å². The van der Waals surface area contributed by atoms with Gasteiger partial charge in [0.25, 0.3) is 0 Å². The number of hydrogen-bond donors (Lipinski definition) is 4. The van der Waals surface area contributed by atoms with Crippen LogP contribution >= 0.6 is 0 Å². The van der Waals surface area contributed by atoms with Crippen LogP contribution in [0.2, 0.25) is 0 Å². The number of unbranched alkanes of at least 4 members (excludes halogenated alkanes) is 5. The zero-order chi connectivity index (χ0) is 22.6. The van der Waals surface area contributed by atoms with Crippen LogP contribution in [-0.2, 0) is 14.4 Å². The first-order chi connectivity index (χ1) is 14.3. The van der Waals surface area contributed by atoms with Crippen molar-refractivity contribution in [1.29, 1.82) is 0 Å². The van der Waals surface area contributed by atoms with Gasteiger partial charge in [-0.2, -0.15) is 0 Å². The summed E-state index contributed by atoms with van der Waals surface area (Å²) in [5.41, 5.74) is 5.01. The minimum atomic E-state index is -1.15. The Hall–Kier alpha value is -2.41. The lowest BCUT2D eigenvalue weighted by Crippen LogP contribution is -2.41. The number of allylic oxidation sites excluding steroid dienone is 5. The van der Waals surface area contributed by atoms with Crippen molar-refractivity contribution >= 4 is 17.8 Å². The van der Waals surface area contributed by atoms with Crippen LogP contribution in [0.5, 0.6) is 0 Å². The Morgan fingerprint density at radius 3 is 2.13 bits per heavy atom. The molecule has 0 radical (unpaired) electrons. The molecule has 0 heterocycles. The van der Waals surface area contributed by atoms with Crippen molar-refractivity contribution in [3.8, 4) is 0 Å². The van der Waals surface area contributed by atoms with Gasteiger partial charge >= 0.3 is 5.97 Å². The summed E-state index contributed by atoms with van der Waals surface area (Å²) in [7, 11) is 0. The molecular formula is C23H38N2O5. The molecule has 0 unspecified atom stereocenters. The van der Waals surface area contributed by atoms with E-state index in [1.807, 2.05) is 6.08 Å². The summed E-state index contributed by atoms with van der Waals surface area (Å²) >= 11 is 0. The number of nitrogens with one attached hydrogen (secondary N) is 1. The number of hydrogen-bond acceptors (Lipinski definition) is 4. The summed E-state index contributed by atoms with van der Waals surface area (Å²) in [6.07, 6.45) is 19.8. The predicted octanol–water partition coefficient (Wildman–Crippen LogP) is 3.38. The van der Waals surface area contributed by atoms with Crippen LogP contribution in [0.15, 0.2) is 36.5 Å².